The third-order valence-electron chi connectivity index (χ3n) is 2.76. The van der Waals surface area contributed by atoms with Crippen molar-refractivity contribution in [3.8, 4) is 17.2 Å². The highest BCUT2D eigenvalue weighted by Gasteiger charge is 2.10. The molecule has 0 unspecified atom stereocenters. The summed E-state index contributed by atoms with van der Waals surface area (Å²) in [5.41, 5.74) is 7.54. The van der Waals surface area contributed by atoms with Crippen molar-refractivity contribution < 1.29 is 9.47 Å². The van der Waals surface area contributed by atoms with Crippen LogP contribution >= 0.6 is 28.1 Å². The van der Waals surface area contributed by atoms with Gasteiger partial charge in [-0.3, -0.25) is 0 Å². The van der Waals surface area contributed by atoms with Crippen LogP contribution in [0.15, 0.2) is 40.9 Å². The zero-order chi connectivity index (χ0) is 14.7. The van der Waals surface area contributed by atoms with E-state index in [9.17, 15) is 0 Å². The first-order chi connectivity index (χ1) is 9.51. The summed E-state index contributed by atoms with van der Waals surface area (Å²) in [4.78, 5) is 0.313. The fraction of sp³-hybridized carbons (Fsp3) is 0.133. The zero-order valence-corrected chi connectivity index (χ0v) is 13.5. The molecule has 0 fully saturated rings. The third kappa shape index (κ3) is 3.29. The summed E-state index contributed by atoms with van der Waals surface area (Å²) in [7, 11) is 1.62. The molecule has 2 aromatic rings. The van der Waals surface area contributed by atoms with Gasteiger partial charge in [-0.2, -0.15) is 0 Å². The summed E-state index contributed by atoms with van der Waals surface area (Å²) >= 11 is 8.52. The largest absolute Gasteiger partial charge is 0.497 e. The summed E-state index contributed by atoms with van der Waals surface area (Å²) < 4.78 is 11.8. The number of aryl methyl sites for hydroxylation is 1. The van der Waals surface area contributed by atoms with E-state index < -0.39 is 0 Å². The Morgan fingerprint density at radius 1 is 1.15 bits per heavy atom. The lowest BCUT2D eigenvalue weighted by atomic mass is 10.1. The maximum atomic E-state index is 5.89. The Hall–Kier alpha value is -1.59. The molecule has 0 bridgehead atoms. The summed E-state index contributed by atoms with van der Waals surface area (Å²) in [5, 5.41) is 0. The van der Waals surface area contributed by atoms with E-state index in [2.05, 4.69) is 15.9 Å². The first-order valence-electron chi connectivity index (χ1n) is 5.93. The molecular weight excluding hydrogens is 338 g/mol. The monoisotopic (exact) mass is 351 g/mol. The minimum atomic E-state index is 0.313. The summed E-state index contributed by atoms with van der Waals surface area (Å²) in [5.74, 6) is 2.06. The van der Waals surface area contributed by atoms with Crippen LogP contribution < -0.4 is 15.2 Å². The first kappa shape index (κ1) is 14.8. The molecule has 0 spiro atoms. The lowest BCUT2D eigenvalue weighted by molar-refractivity contribution is 0.412. The van der Waals surface area contributed by atoms with Crippen LogP contribution in [-0.4, -0.2) is 12.1 Å². The summed E-state index contributed by atoms with van der Waals surface area (Å²) in [6.07, 6.45) is 0. The molecule has 0 radical (unpaired) electrons. The number of hydrogen-bond donors (Lipinski definition) is 1. The number of nitrogens with two attached hydrogens (primary N) is 1. The van der Waals surface area contributed by atoms with Crippen molar-refractivity contribution in [1.29, 1.82) is 0 Å². The maximum absolute atomic E-state index is 5.89. The van der Waals surface area contributed by atoms with Gasteiger partial charge in [0.05, 0.1) is 17.1 Å². The quantitative estimate of drug-likeness (QED) is 0.838. The number of halogens is 1. The summed E-state index contributed by atoms with van der Waals surface area (Å²) in [6.45, 7) is 1.98. The normalized spacial score (nSPS) is 10.2. The predicted molar refractivity (Wildman–Crippen MR) is 87.8 cm³/mol. The maximum Gasteiger partial charge on any atom is 0.141 e. The number of ether oxygens (including phenoxy) is 2. The van der Waals surface area contributed by atoms with Gasteiger partial charge in [0.1, 0.15) is 22.2 Å². The average Bonchev–Trinajstić information content (AvgIpc) is 2.42. The molecule has 0 aliphatic rings. The molecule has 0 aliphatic carbocycles. The van der Waals surface area contributed by atoms with Crippen molar-refractivity contribution in [3.05, 3.63) is 52.0 Å². The number of hydrogen-bond acceptors (Lipinski definition) is 3. The van der Waals surface area contributed by atoms with E-state index in [0.717, 1.165) is 21.3 Å². The van der Waals surface area contributed by atoms with Gasteiger partial charge in [0.15, 0.2) is 0 Å². The van der Waals surface area contributed by atoms with Crippen LogP contribution in [0, 0.1) is 6.92 Å². The van der Waals surface area contributed by atoms with Crippen molar-refractivity contribution in [1.82, 2.24) is 0 Å². The number of rotatable bonds is 4. The average molecular weight is 352 g/mol. The molecule has 0 heterocycles. The van der Waals surface area contributed by atoms with E-state index in [1.807, 2.05) is 43.3 Å². The van der Waals surface area contributed by atoms with Gasteiger partial charge < -0.3 is 15.2 Å². The fourth-order valence-corrected chi connectivity index (χ4v) is 2.33. The Bertz CT molecular complexity index is 658. The fourth-order valence-electron chi connectivity index (χ4n) is 1.74. The molecule has 0 atom stereocenters. The van der Waals surface area contributed by atoms with Crippen LogP contribution in [0.1, 0.15) is 11.1 Å². The second-order valence-electron chi connectivity index (χ2n) is 4.26. The molecule has 2 rings (SSSR count). The highest BCUT2D eigenvalue weighted by Crippen LogP contribution is 2.34. The van der Waals surface area contributed by atoms with Gasteiger partial charge in [0, 0.05) is 0 Å². The van der Waals surface area contributed by atoms with E-state index in [4.69, 9.17) is 27.4 Å². The molecule has 2 N–H and O–H groups in total. The van der Waals surface area contributed by atoms with E-state index in [1.54, 1.807) is 7.11 Å². The number of methoxy groups -OCH3 is 1. The minimum absolute atomic E-state index is 0.313. The van der Waals surface area contributed by atoms with Crippen molar-refractivity contribution >= 4 is 33.1 Å². The molecule has 20 heavy (non-hydrogen) atoms. The first-order valence-corrected chi connectivity index (χ1v) is 7.13. The van der Waals surface area contributed by atoms with Gasteiger partial charge in [-0.1, -0.05) is 23.8 Å². The molecular formula is C15H14BrNO2S. The molecule has 104 valence electrons. The van der Waals surface area contributed by atoms with Crippen LogP contribution in [0.4, 0.5) is 0 Å². The van der Waals surface area contributed by atoms with Gasteiger partial charge in [0.2, 0.25) is 0 Å². The van der Waals surface area contributed by atoms with Crippen LogP contribution in [0.2, 0.25) is 0 Å². The van der Waals surface area contributed by atoms with E-state index in [0.29, 0.717) is 16.5 Å². The van der Waals surface area contributed by atoms with E-state index >= 15 is 0 Å². The SMILES string of the molecule is COc1ccc(Oc2ccc(C)cc2C(N)=S)c(Br)c1. The molecule has 0 saturated carbocycles. The van der Waals surface area contributed by atoms with Crippen LogP contribution in [0.3, 0.4) is 0 Å². The molecule has 0 saturated heterocycles. The standard InChI is InChI=1S/C15H14BrNO2S/c1-9-3-5-13(11(7-9)15(17)20)19-14-6-4-10(18-2)8-12(14)16/h3-8H,1-2H3,(H2,17,20). The Labute approximate surface area is 131 Å². The highest BCUT2D eigenvalue weighted by atomic mass is 79.9. The van der Waals surface area contributed by atoms with Crippen LogP contribution in [-0.2, 0) is 0 Å². The molecule has 0 aromatic heterocycles. The van der Waals surface area contributed by atoms with Gasteiger partial charge in [-0.15, -0.1) is 0 Å². The Kier molecular flexibility index (Phi) is 4.62. The van der Waals surface area contributed by atoms with Crippen molar-refractivity contribution in [2.45, 2.75) is 6.92 Å². The van der Waals surface area contributed by atoms with Crippen LogP contribution in [0.5, 0.6) is 17.2 Å². The van der Waals surface area contributed by atoms with E-state index in [-0.39, 0.29) is 0 Å². The van der Waals surface area contributed by atoms with Crippen LogP contribution in [0.25, 0.3) is 0 Å². The molecule has 5 heteroatoms. The molecule has 0 amide bonds. The van der Waals surface area contributed by atoms with Gasteiger partial charge in [-0.05, 0) is 53.2 Å². The van der Waals surface area contributed by atoms with Crippen molar-refractivity contribution in [2.24, 2.45) is 5.73 Å². The Balaban J connectivity index is 2.37. The van der Waals surface area contributed by atoms with Gasteiger partial charge in [-0.25, -0.2) is 0 Å². The lowest BCUT2D eigenvalue weighted by Crippen LogP contribution is -2.11. The van der Waals surface area contributed by atoms with Crippen molar-refractivity contribution in [2.75, 3.05) is 7.11 Å². The topological polar surface area (TPSA) is 44.5 Å². The zero-order valence-electron chi connectivity index (χ0n) is 11.1. The second-order valence-corrected chi connectivity index (χ2v) is 5.56. The number of thiocarbonyl (C=S) groups is 1. The summed E-state index contributed by atoms with van der Waals surface area (Å²) in [6, 6.07) is 11.2. The predicted octanol–water partition coefficient (Wildman–Crippen LogP) is 4.19. The third-order valence-corrected chi connectivity index (χ3v) is 3.60. The Morgan fingerprint density at radius 3 is 2.45 bits per heavy atom. The Morgan fingerprint density at radius 2 is 1.85 bits per heavy atom. The highest BCUT2D eigenvalue weighted by molar-refractivity contribution is 9.10. The van der Waals surface area contributed by atoms with Crippen molar-refractivity contribution in [3.63, 3.8) is 0 Å². The minimum Gasteiger partial charge on any atom is -0.497 e. The molecule has 2 aromatic carbocycles. The number of benzene rings is 2. The molecule has 0 aliphatic heterocycles. The van der Waals surface area contributed by atoms with Gasteiger partial charge in [0.25, 0.3) is 0 Å². The smallest absolute Gasteiger partial charge is 0.141 e. The van der Waals surface area contributed by atoms with Gasteiger partial charge >= 0.3 is 0 Å². The lowest BCUT2D eigenvalue weighted by Gasteiger charge is -2.13. The second kappa shape index (κ2) is 6.24. The van der Waals surface area contributed by atoms with E-state index in [1.165, 1.54) is 0 Å². The molecule has 3 nitrogen and oxygen atoms in total.